The van der Waals surface area contributed by atoms with Gasteiger partial charge in [0.05, 0.1) is 17.3 Å². The van der Waals surface area contributed by atoms with Crippen LogP contribution >= 0.6 is 0 Å². The molecule has 3 rings (SSSR count). The standard InChI is InChI=1S/C13H11N3O/c1-2-11-10(7-15-17)5-6-16-13(11)12(8-14-16)9-3-4-9/h1,5-6,8-9H,3-4,7H2. The highest BCUT2D eigenvalue weighted by molar-refractivity contribution is 5.70. The molecule has 1 fully saturated rings. The van der Waals surface area contributed by atoms with Gasteiger partial charge in [0.2, 0.25) is 0 Å². The van der Waals surface area contributed by atoms with Crippen LogP contribution in [0.5, 0.6) is 0 Å². The molecule has 0 atom stereocenters. The van der Waals surface area contributed by atoms with E-state index in [2.05, 4.69) is 16.2 Å². The summed E-state index contributed by atoms with van der Waals surface area (Å²) in [4.78, 5) is 10.4. The smallest absolute Gasteiger partial charge is 0.107 e. The molecule has 1 aliphatic carbocycles. The summed E-state index contributed by atoms with van der Waals surface area (Å²) in [6.45, 7) is 0.116. The van der Waals surface area contributed by atoms with Crippen molar-refractivity contribution in [3.05, 3.63) is 40.1 Å². The molecule has 4 heteroatoms. The molecule has 0 aliphatic heterocycles. The molecule has 4 nitrogen and oxygen atoms in total. The number of pyridine rings is 1. The van der Waals surface area contributed by atoms with Crippen LogP contribution in [0.1, 0.15) is 35.4 Å². The Morgan fingerprint density at radius 2 is 2.41 bits per heavy atom. The third kappa shape index (κ3) is 1.51. The summed E-state index contributed by atoms with van der Waals surface area (Å²) in [5, 5.41) is 7.22. The molecule has 2 aromatic rings. The van der Waals surface area contributed by atoms with Gasteiger partial charge in [-0.3, -0.25) is 0 Å². The molecule has 0 saturated heterocycles. The van der Waals surface area contributed by atoms with E-state index in [1.807, 2.05) is 18.5 Å². The molecular formula is C13H11N3O. The van der Waals surface area contributed by atoms with Crippen LogP contribution in [0.4, 0.5) is 0 Å². The molecular weight excluding hydrogens is 214 g/mol. The van der Waals surface area contributed by atoms with Gasteiger partial charge in [0.15, 0.2) is 0 Å². The fraction of sp³-hybridized carbons (Fsp3) is 0.308. The van der Waals surface area contributed by atoms with Crippen molar-refractivity contribution in [1.29, 1.82) is 0 Å². The Bertz CT molecular complexity index is 632. The van der Waals surface area contributed by atoms with Gasteiger partial charge in [-0.25, -0.2) is 4.52 Å². The Hall–Kier alpha value is -2.15. The second kappa shape index (κ2) is 3.70. The summed E-state index contributed by atoms with van der Waals surface area (Å²) in [6, 6.07) is 1.81. The van der Waals surface area contributed by atoms with E-state index in [4.69, 9.17) is 6.42 Å². The first-order chi connectivity index (χ1) is 8.35. The lowest BCUT2D eigenvalue weighted by molar-refractivity contribution is 0.942. The normalized spacial score (nSPS) is 14.8. The van der Waals surface area contributed by atoms with Crippen molar-refractivity contribution < 1.29 is 0 Å². The van der Waals surface area contributed by atoms with E-state index in [1.54, 1.807) is 4.52 Å². The van der Waals surface area contributed by atoms with Crippen molar-refractivity contribution in [1.82, 2.24) is 9.61 Å². The Morgan fingerprint density at radius 3 is 3.06 bits per heavy atom. The average molecular weight is 225 g/mol. The van der Waals surface area contributed by atoms with Gasteiger partial charge in [0.1, 0.15) is 6.54 Å². The fourth-order valence-electron chi connectivity index (χ4n) is 2.20. The average Bonchev–Trinajstić information content (AvgIpc) is 3.10. The lowest BCUT2D eigenvalue weighted by atomic mass is 10.0. The van der Waals surface area contributed by atoms with Crippen LogP contribution in [0.3, 0.4) is 0 Å². The maximum atomic E-state index is 10.4. The zero-order valence-corrected chi connectivity index (χ0v) is 9.26. The molecule has 0 bridgehead atoms. The lowest BCUT2D eigenvalue weighted by Gasteiger charge is -2.04. The molecule has 1 saturated carbocycles. The number of rotatable bonds is 3. The zero-order chi connectivity index (χ0) is 11.8. The number of aromatic nitrogens is 2. The Balaban J connectivity index is 2.29. The van der Waals surface area contributed by atoms with E-state index >= 15 is 0 Å². The van der Waals surface area contributed by atoms with E-state index < -0.39 is 0 Å². The van der Waals surface area contributed by atoms with Crippen molar-refractivity contribution in [2.45, 2.75) is 25.3 Å². The predicted octanol–water partition coefficient (Wildman–Crippen LogP) is 2.46. The molecule has 1 aliphatic rings. The minimum Gasteiger partial charge on any atom is -0.239 e. The number of hydrogen-bond donors (Lipinski definition) is 0. The van der Waals surface area contributed by atoms with Crippen LogP contribution in [-0.2, 0) is 6.54 Å². The fourth-order valence-corrected chi connectivity index (χ4v) is 2.20. The summed E-state index contributed by atoms with van der Waals surface area (Å²) in [5.41, 5.74) is 3.73. The minimum atomic E-state index is 0.116. The van der Waals surface area contributed by atoms with E-state index in [0.29, 0.717) is 5.92 Å². The highest BCUT2D eigenvalue weighted by atomic mass is 16.3. The Kier molecular flexibility index (Phi) is 2.19. The molecule has 0 N–H and O–H groups in total. The van der Waals surface area contributed by atoms with Gasteiger partial charge in [-0.15, -0.1) is 6.42 Å². The number of nitroso groups, excluding NO2 is 1. The summed E-state index contributed by atoms with van der Waals surface area (Å²) < 4.78 is 1.79. The molecule has 2 aromatic heterocycles. The zero-order valence-electron chi connectivity index (χ0n) is 9.26. The van der Waals surface area contributed by atoms with E-state index in [0.717, 1.165) is 16.6 Å². The Morgan fingerprint density at radius 1 is 1.59 bits per heavy atom. The summed E-state index contributed by atoms with van der Waals surface area (Å²) in [7, 11) is 0. The number of hydrogen-bond acceptors (Lipinski definition) is 3. The first kappa shape index (κ1) is 10.0. The quantitative estimate of drug-likeness (QED) is 0.595. The highest BCUT2D eigenvalue weighted by Crippen LogP contribution is 2.42. The van der Waals surface area contributed by atoms with Gasteiger partial charge < -0.3 is 0 Å². The van der Waals surface area contributed by atoms with Crippen molar-refractivity contribution >= 4 is 5.52 Å². The van der Waals surface area contributed by atoms with E-state index in [9.17, 15) is 4.91 Å². The van der Waals surface area contributed by atoms with Gasteiger partial charge in [0, 0.05) is 11.8 Å². The van der Waals surface area contributed by atoms with Crippen LogP contribution in [-0.4, -0.2) is 9.61 Å². The van der Waals surface area contributed by atoms with E-state index in [1.165, 1.54) is 18.4 Å². The molecule has 0 amide bonds. The number of fused-ring (bicyclic) bond motifs is 1. The summed E-state index contributed by atoms with van der Waals surface area (Å²) in [6.07, 6.45) is 11.7. The summed E-state index contributed by atoms with van der Waals surface area (Å²) >= 11 is 0. The van der Waals surface area contributed by atoms with Gasteiger partial charge in [0.25, 0.3) is 0 Å². The van der Waals surface area contributed by atoms with Crippen LogP contribution < -0.4 is 0 Å². The molecule has 0 radical (unpaired) electrons. The minimum absolute atomic E-state index is 0.116. The first-order valence-corrected chi connectivity index (χ1v) is 5.60. The number of terminal acetylenes is 1. The first-order valence-electron chi connectivity index (χ1n) is 5.60. The van der Waals surface area contributed by atoms with Crippen molar-refractivity contribution in [3.63, 3.8) is 0 Å². The number of nitrogens with zero attached hydrogens (tertiary/aromatic N) is 3. The highest BCUT2D eigenvalue weighted by Gasteiger charge is 2.28. The second-order valence-corrected chi connectivity index (χ2v) is 4.31. The van der Waals surface area contributed by atoms with Gasteiger partial charge in [-0.05, 0) is 30.4 Å². The van der Waals surface area contributed by atoms with Crippen LogP contribution in [0, 0.1) is 17.3 Å². The molecule has 0 spiro atoms. The maximum Gasteiger partial charge on any atom is 0.107 e. The van der Waals surface area contributed by atoms with Crippen molar-refractivity contribution in [2.24, 2.45) is 5.18 Å². The Labute approximate surface area is 98.6 Å². The van der Waals surface area contributed by atoms with Gasteiger partial charge in [-0.1, -0.05) is 11.1 Å². The molecule has 17 heavy (non-hydrogen) atoms. The second-order valence-electron chi connectivity index (χ2n) is 4.31. The van der Waals surface area contributed by atoms with Gasteiger partial charge in [-0.2, -0.15) is 10.0 Å². The van der Waals surface area contributed by atoms with Crippen LogP contribution in [0.25, 0.3) is 5.52 Å². The lowest BCUT2D eigenvalue weighted by Crippen LogP contribution is -1.96. The molecule has 2 heterocycles. The van der Waals surface area contributed by atoms with Crippen LogP contribution in [0.15, 0.2) is 23.6 Å². The predicted molar refractivity (Wildman–Crippen MR) is 64.6 cm³/mol. The summed E-state index contributed by atoms with van der Waals surface area (Å²) in [5.74, 6) is 3.26. The maximum absolute atomic E-state index is 10.4. The molecule has 0 unspecified atom stereocenters. The third-order valence-electron chi connectivity index (χ3n) is 3.20. The van der Waals surface area contributed by atoms with Gasteiger partial charge >= 0.3 is 0 Å². The van der Waals surface area contributed by atoms with Crippen molar-refractivity contribution in [3.8, 4) is 12.3 Å². The van der Waals surface area contributed by atoms with Crippen molar-refractivity contribution in [2.75, 3.05) is 0 Å². The SMILES string of the molecule is C#Cc1c(CN=O)ccn2ncc(C3CC3)c12. The monoisotopic (exact) mass is 225 g/mol. The van der Waals surface area contributed by atoms with E-state index in [-0.39, 0.29) is 6.54 Å². The molecule has 84 valence electrons. The van der Waals surface area contributed by atoms with Crippen LogP contribution in [0.2, 0.25) is 0 Å². The largest absolute Gasteiger partial charge is 0.239 e. The third-order valence-corrected chi connectivity index (χ3v) is 3.20. The molecule has 0 aromatic carbocycles. The topological polar surface area (TPSA) is 46.7 Å².